The maximum Gasteiger partial charge on any atom is 0.230 e. The summed E-state index contributed by atoms with van der Waals surface area (Å²) in [5, 5.41) is 9.34. The first-order valence-electron chi connectivity index (χ1n) is 7.00. The highest BCUT2D eigenvalue weighted by Crippen LogP contribution is 2.34. The Morgan fingerprint density at radius 3 is 2.50 bits per heavy atom. The summed E-state index contributed by atoms with van der Waals surface area (Å²) in [6.45, 7) is 4.74. The minimum atomic E-state index is -0.463. The van der Waals surface area contributed by atoms with Gasteiger partial charge in [0.2, 0.25) is 5.91 Å². The molecule has 104 valence electrons. The first kappa shape index (κ1) is 13.8. The number of hydrogen-bond acceptors (Lipinski definition) is 3. The van der Waals surface area contributed by atoms with E-state index in [9.17, 15) is 9.90 Å². The fourth-order valence-corrected chi connectivity index (χ4v) is 2.94. The quantitative estimate of drug-likeness (QED) is 0.832. The number of carbonyl (C=O) groups excluding carboxylic acids is 1. The molecule has 0 aromatic rings. The zero-order valence-corrected chi connectivity index (χ0v) is 11.7. The van der Waals surface area contributed by atoms with Crippen LogP contribution in [0.2, 0.25) is 0 Å². The normalized spacial score (nSPS) is 32.8. The van der Waals surface area contributed by atoms with Gasteiger partial charge in [0, 0.05) is 19.7 Å². The van der Waals surface area contributed by atoms with Gasteiger partial charge in [0.25, 0.3) is 0 Å². The third-order valence-corrected chi connectivity index (χ3v) is 4.49. The Balaban J connectivity index is 1.97. The molecular weight excluding hydrogens is 230 g/mol. The molecule has 2 fully saturated rings. The van der Waals surface area contributed by atoms with Gasteiger partial charge in [0.1, 0.15) is 0 Å². The topological polar surface area (TPSA) is 49.8 Å². The molecule has 2 aliphatic rings. The average molecular weight is 255 g/mol. The van der Waals surface area contributed by atoms with Crippen LogP contribution in [0.25, 0.3) is 0 Å². The summed E-state index contributed by atoms with van der Waals surface area (Å²) in [6.07, 6.45) is 4.46. The first-order valence-corrected chi connectivity index (χ1v) is 7.00. The van der Waals surface area contributed by atoms with E-state index >= 15 is 0 Å². The van der Waals surface area contributed by atoms with E-state index in [1.807, 2.05) is 25.8 Å². The summed E-state index contributed by atoms with van der Waals surface area (Å²) in [7, 11) is 1.85. The molecule has 1 aliphatic carbocycles. The van der Waals surface area contributed by atoms with E-state index in [0.717, 1.165) is 25.9 Å². The molecule has 2 rings (SSSR count). The third-order valence-electron chi connectivity index (χ3n) is 4.49. The SMILES string of the molecule is CN(C(=O)C(C)(C)C1CCCCO1)C1CC(O)C1. The lowest BCUT2D eigenvalue weighted by molar-refractivity contribution is -0.156. The number of rotatable bonds is 3. The number of aliphatic hydroxyl groups is 1. The average Bonchev–Trinajstić information content (AvgIpc) is 2.34. The van der Waals surface area contributed by atoms with Crippen molar-refractivity contribution in [3.05, 3.63) is 0 Å². The van der Waals surface area contributed by atoms with Gasteiger partial charge in [-0.1, -0.05) is 0 Å². The molecule has 0 spiro atoms. The summed E-state index contributed by atoms with van der Waals surface area (Å²) in [6, 6.07) is 0.204. The van der Waals surface area contributed by atoms with Crippen LogP contribution in [0.3, 0.4) is 0 Å². The zero-order valence-electron chi connectivity index (χ0n) is 11.7. The minimum absolute atomic E-state index is 0.0335. The molecule has 18 heavy (non-hydrogen) atoms. The molecule has 1 atom stereocenters. The molecule has 0 aromatic heterocycles. The van der Waals surface area contributed by atoms with Crippen LogP contribution < -0.4 is 0 Å². The smallest absolute Gasteiger partial charge is 0.230 e. The molecule has 0 aromatic carbocycles. The van der Waals surface area contributed by atoms with Gasteiger partial charge in [-0.2, -0.15) is 0 Å². The Bertz CT molecular complexity index is 304. The molecule has 1 unspecified atom stereocenters. The Hall–Kier alpha value is -0.610. The fraction of sp³-hybridized carbons (Fsp3) is 0.929. The Morgan fingerprint density at radius 1 is 1.33 bits per heavy atom. The molecular formula is C14H25NO3. The fourth-order valence-electron chi connectivity index (χ4n) is 2.94. The summed E-state index contributed by atoms with van der Waals surface area (Å²) < 4.78 is 5.77. The molecule has 4 nitrogen and oxygen atoms in total. The number of ether oxygens (including phenoxy) is 1. The van der Waals surface area contributed by atoms with Crippen LogP contribution >= 0.6 is 0 Å². The highest BCUT2D eigenvalue weighted by atomic mass is 16.5. The molecule has 1 heterocycles. The van der Waals surface area contributed by atoms with Crippen LogP contribution in [0.15, 0.2) is 0 Å². The van der Waals surface area contributed by atoms with Crippen LogP contribution in [-0.4, -0.2) is 47.8 Å². The van der Waals surface area contributed by atoms with Gasteiger partial charge in [0.15, 0.2) is 0 Å². The monoisotopic (exact) mass is 255 g/mol. The second-order valence-electron chi connectivity index (χ2n) is 6.27. The molecule has 1 aliphatic heterocycles. The maximum atomic E-state index is 12.6. The Morgan fingerprint density at radius 2 is 2.00 bits per heavy atom. The summed E-state index contributed by atoms with van der Waals surface area (Å²) in [5.74, 6) is 0.145. The van der Waals surface area contributed by atoms with Crippen molar-refractivity contribution in [1.29, 1.82) is 0 Å². The van der Waals surface area contributed by atoms with Crippen molar-refractivity contribution in [1.82, 2.24) is 4.90 Å². The van der Waals surface area contributed by atoms with Gasteiger partial charge < -0.3 is 14.7 Å². The van der Waals surface area contributed by atoms with Crippen molar-refractivity contribution < 1.29 is 14.6 Å². The molecule has 1 saturated carbocycles. The number of amides is 1. The van der Waals surface area contributed by atoms with E-state index in [0.29, 0.717) is 12.8 Å². The Labute approximate surface area is 109 Å². The van der Waals surface area contributed by atoms with Crippen LogP contribution in [0.5, 0.6) is 0 Å². The van der Waals surface area contributed by atoms with E-state index in [1.54, 1.807) is 0 Å². The van der Waals surface area contributed by atoms with Crippen LogP contribution in [0.4, 0.5) is 0 Å². The van der Waals surface area contributed by atoms with Gasteiger partial charge in [-0.3, -0.25) is 4.79 Å². The Kier molecular flexibility index (Phi) is 3.97. The predicted octanol–water partition coefficient (Wildman–Crippen LogP) is 1.56. The molecule has 1 saturated heterocycles. The van der Waals surface area contributed by atoms with Crippen LogP contribution in [0, 0.1) is 5.41 Å². The number of hydrogen-bond donors (Lipinski definition) is 1. The van der Waals surface area contributed by atoms with Gasteiger partial charge >= 0.3 is 0 Å². The third kappa shape index (κ3) is 2.54. The number of aliphatic hydroxyl groups excluding tert-OH is 1. The van der Waals surface area contributed by atoms with Gasteiger partial charge in [-0.25, -0.2) is 0 Å². The number of nitrogens with zero attached hydrogens (tertiary/aromatic N) is 1. The van der Waals surface area contributed by atoms with E-state index in [1.165, 1.54) is 0 Å². The lowest BCUT2D eigenvalue weighted by Gasteiger charge is -2.44. The van der Waals surface area contributed by atoms with Crippen LogP contribution in [0.1, 0.15) is 46.0 Å². The predicted molar refractivity (Wildman–Crippen MR) is 69.2 cm³/mol. The highest BCUT2D eigenvalue weighted by molar-refractivity contribution is 5.82. The van der Waals surface area contributed by atoms with E-state index in [-0.39, 0.29) is 24.2 Å². The van der Waals surface area contributed by atoms with Crippen molar-refractivity contribution in [2.24, 2.45) is 5.41 Å². The second-order valence-corrected chi connectivity index (χ2v) is 6.27. The molecule has 4 heteroatoms. The second kappa shape index (κ2) is 5.17. The maximum absolute atomic E-state index is 12.6. The van der Waals surface area contributed by atoms with E-state index in [2.05, 4.69) is 0 Å². The van der Waals surface area contributed by atoms with Crippen molar-refractivity contribution in [3.8, 4) is 0 Å². The number of carbonyl (C=O) groups is 1. The van der Waals surface area contributed by atoms with Crippen molar-refractivity contribution in [2.45, 2.75) is 64.2 Å². The lowest BCUT2D eigenvalue weighted by atomic mass is 9.79. The minimum Gasteiger partial charge on any atom is -0.393 e. The van der Waals surface area contributed by atoms with Crippen molar-refractivity contribution in [3.63, 3.8) is 0 Å². The van der Waals surface area contributed by atoms with Crippen molar-refractivity contribution in [2.75, 3.05) is 13.7 Å². The van der Waals surface area contributed by atoms with Gasteiger partial charge in [-0.05, 0) is 46.0 Å². The molecule has 1 amide bonds. The largest absolute Gasteiger partial charge is 0.393 e. The van der Waals surface area contributed by atoms with E-state index < -0.39 is 5.41 Å². The van der Waals surface area contributed by atoms with Crippen molar-refractivity contribution >= 4 is 5.91 Å². The summed E-state index contributed by atoms with van der Waals surface area (Å²) >= 11 is 0. The molecule has 0 radical (unpaired) electrons. The van der Waals surface area contributed by atoms with Gasteiger partial charge in [0.05, 0.1) is 17.6 Å². The molecule has 1 N–H and O–H groups in total. The standard InChI is InChI=1S/C14H25NO3/c1-14(2,12-6-4-5-7-18-12)13(17)15(3)10-8-11(16)9-10/h10-12,16H,4-9H2,1-3H3. The summed E-state index contributed by atoms with van der Waals surface area (Å²) in [5.41, 5.74) is -0.463. The van der Waals surface area contributed by atoms with Gasteiger partial charge in [-0.15, -0.1) is 0 Å². The summed E-state index contributed by atoms with van der Waals surface area (Å²) in [4.78, 5) is 14.4. The first-order chi connectivity index (χ1) is 8.43. The van der Waals surface area contributed by atoms with E-state index in [4.69, 9.17) is 4.74 Å². The highest BCUT2D eigenvalue weighted by Gasteiger charge is 2.43. The molecule has 0 bridgehead atoms. The van der Waals surface area contributed by atoms with Crippen LogP contribution in [-0.2, 0) is 9.53 Å². The lowest BCUT2D eigenvalue weighted by Crippen LogP contribution is -2.54. The zero-order chi connectivity index (χ0) is 13.3.